The van der Waals surface area contributed by atoms with E-state index in [0.29, 0.717) is 43.9 Å². The Morgan fingerprint density at radius 1 is 1.00 bits per heavy atom. The van der Waals surface area contributed by atoms with Gasteiger partial charge in [-0.3, -0.25) is 14.4 Å². The van der Waals surface area contributed by atoms with Crippen LogP contribution in [0, 0.1) is 0 Å². The molecule has 6 nitrogen and oxygen atoms in total. The molecule has 0 bridgehead atoms. The van der Waals surface area contributed by atoms with Gasteiger partial charge in [0.05, 0.1) is 0 Å². The van der Waals surface area contributed by atoms with Crippen LogP contribution in [0.4, 0.5) is 5.69 Å². The fourth-order valence-electron chi connectivity index (χ4n) is 2.46. The van der Waals surface area contributed by atoms with E-state index in [9.17, 15) is 14.4 Å². The van der Waals surface area contributed by atoms with Crippen molar-refractivity contribution in [3.63, 3.8) is 0 Å². The number of nitrogens with one attached hydrogen (secondary N) is 1. The standard InChI is InChI=1S/C16H21N3O3/c1-3-15(21)18-8-10-19(11-9-18)16(22)13-4-6-14(7-5-13)17-12(2)20/h4-7H,3,8-11H2,1-2H3,(H,17,20). The predicted molar refractivity (Wildman–Crippen MR) is 83.5 cm³/mol. The molecule has 118 valence electrons. The van der Waals surface area contributed by atoms with Crippen LogP contribution in [0.2, 0.25) is 0 Å². The normalized spacial score (nSPS) is 14.6. The van der Waals surface area contributed by atoms with Gasteiger partial charge >= 0.3 is 0 Å². The number of hydrogen-bond donors (Lipinski definition) is 1. The van der Waals surface area contributed by atoms with Crippen molar-refractivity contribution in [2.75, 3.05) is 31.5 Å². The zero-order chi connectivity index (χ0) is 16.1. The zero-order valence-electron chi connectivity index (χ0n) is 13.0. The lowest BCUT2D eigenvalue weighted by molar-refractivity contribution is -0.132. The SMILES string of the molecule is CCC(=O)N1CCN(C(=O)c2ccc(NC(C)=O)cc2)CC1. The number of nitrogens with zero attached hydrogens (tertiary/aromatic N) is 2. The molecular weight excluding hydrogens is 282 g/mol. The molecule has 1 aromatic rings. The number of carbonyl (C=O) groups is 3. The van der Waals surface area contributed by atoms with Gasteiger partial charge in [-0.15, -0.1) is 0 Å². The monoisotopic (exact) mass is 303 g/mol. The molecule has 0 radical (unpaired) electrons. The molecule has 1 aromatic carbocycles. The number of carbonyl (C=O) groups excluding carboxylic acids is 3. The molecule has 22 heavy (non-hydrogen) atoms. The molecule has 0 aliphatic carbocycles. The average molecular weight is 303 g/mol. The molecule has 1 N–H and O–H groups in total. The summed E-state index contributed by atoms with van der Waals surface area (Å²) in [5.74, 6) is -0.0551. The first-order valence-corrected chi connectivity index (χ1v) is 7.46. The molecule has 1 aliphatic heterocycles. The summed E-state index contributed by atoms with van der Waals surface area (Å²) in [7, 11) is 0. The number of rotatable bonds is 3. The second kappa shape index (κ2) is 7.06. The third-order valence-corrected chi connectivity index (χ3v) is 3.67. The minimum atomic E-state index is -0.143. The maximum Gasteiger partial charge on any atom is 0.253 e. The Bertz CT molecular complexity index is 561. The van der Waals surface area contributed by atoms with E-state index < -0.39 is 0 Å². The molecule has 3 amide bonds. The molecule has 0 atom stereocenters. The summed E-state index contributed by atoms with van der Waals surface area (Å²) in [5.41, 5.74) is 1.26. The molecule has 1 aliphatic rings. The lowest BCUT2D eigenvalue weighted by Gasteiger charge is -2.34. The molecule has 1 saturated heterocycles. The maximum absolute atomic E-state index is 12.4. The first kappa shape index (κ1) is 16.0. The maximum atomic E-state index is 12.4. The van der Waals surface area contributed by atoms with Gasteiger partial charge in [0.15, 0.2) is 0 Å². The van der Waals surface area contributed by atoms with Crippen LogP contribution >= 0.6 is 0 Å². The smallest absolute Gasteiger partial charge is 0.253 e. The number of piperazine rings is 1. The van der Waals surface area contributed by atoms with Crippen LogP contribution in [-0.2, 0) is 9.59 Å². The number of amides is 3. The Morgan fingerprint density at radius 3 is 2.05 bits per heavy atom. The minimum Gasteiger partial charge on any atom is -0.339 e. The first-order valence-electron chi connectivity index (χ1n) is 7.46. The second-order valence-corrected chi connectivity index (χ2v) is 5.29. The lowest BCUT2D eigenvalue weighted by Crippen LogP contribution is -2.50. The van der Waals surface area contributed by atoms with Gasteiger partial charge in [-0.2, -0.15) is 0 Å². The van der Waals surface area contributed by atoms with Crippen molar-refractivity contribution in [2.45, 2.75) is 20.3 Å². The van der Waals surface area contributed by atoms with Gasteiger partial charge in [-0.05, 0) is 24.3 Å². The largest absolute Gasteiger partial charge is 0.339 e. The van der Waals surface area contributed by atoms with Crippen molar-refractivity contribution in [1.29, 1.82) is 0 Å². The van der Waals surface area contributed by atoms with Crippen LogP contribution in [0.15, 0.2) is 24.3 Å². The van der Waals surface area contributed by atoms with E-state index in [1.807, 2.05) is 6.92 Å². The van der Waals surface area contributed by atoms with E-state index >= 15 is 0 Å². The van der Waals surface area contributed by atoms with Crippen LogP contribution in [0.25, 0.3) is 0 Å². The molecule has 1 fully saturated rings. The van der Waals surface area contributed by atoms with Crippen molar-refractivity contribution in [3.05, 3.63) is 29.8 Å². The summed E-state index contributed by atoms with van der Waals surface area (Å²) in [5, 5.41) is 2.67. The second-order valence-electron chi connectivity index (χ2n) is 5.29. The highest BCUT2D eigenvalue weighted by Crippen LogP contribution is 2.13. The van der Waals surface area contributed by atoms with Crippen LogP contribution in [-0.4, -0.2) is 53.7 Å². The number of hydrogen-bond acceptors (Lipinski definition) is 3. The third-order valence-electron chi connectivity index (χ3n) is 3.67. The van der Waals surface area contributed by atoms with Gasteiger partial charge in [0, 0.05) is 50.8 Å². The topological polar surface area (TPSA) is 69.7 Å². The quantitative estimate of drug-likeness (QED) is 0.916. The fraction of sp³-hybridized carbons (Fsp3) is 0.438. The van der Waals surface area contributed by atoms with Crippen LogP contribution in [0.5, 0.6) is 0 Å². The molecule has 2 rings (SSSR count). The Balaban J connectivity index is 1.95. The molecule has 0 unspecified atom stereocenters. The van der Waals surface area contributed by atoms with Crippen LogP contribution in [0.1, 0.15) is 30.6 Å². The summed E-state index contributed by atoms with van der Waals surface area (Å²) in [4.78, 5) is 38.6. The minimum absolute atomic E-state index is 0.0435. The van der Waals surface area contributed by atoms with E-state index in [1.165, 1.54) is 6.92 Å². The predicted octanol–water partition coefficient (Wildman–Crippen LogP) is 1.34. The lowest BCUT2D eigenvalue weighted by atomic mass is 10.1. The van der Waals surface area contributed by atoms with Crippen molar-refractivity contribution >= 4 is 23.4 Å². The molecule has 0 spiro atoms. The highest BCUT2D eigenvalue weighted by atomic mass is 16.2. The summed E-state index contributed by atoms with van der Waals surface area (Å²) >= 11 is 0. The Morgan fingerprint density at radius 2 is 1.55 bits per heavy atom. The van der Waals surface area contributed by atoms with Crippen molar-refractivity contribution in [3.8, 4) is 0 Å². The van der Waals surface area contributed by atoms with E-state index in [-0.39, 0.29) is 17.7 Å². The average Bonchev–Trinajstić information content (AvgIpc) is 2.54. The van der Waals surface area contributed by atoms with Gasteiger partial charge in [0.2, 0.25) is 11.8 Å². The Labute approximate surface area is 130 Å². The first-order chi connectivity index (χ1) is 10.5. The molecule has 0 saturated carbocycles. The zero-order valence-corrected chi connectivity index (χ0v) is 13.0. The van der Waals surface area contributed by atoms with Crippen LogP contribution in [0.3, 0.4) is 0 Å². The van der Waals surface area contributed by atoms with Crippen molar-refractivity contribution < 1.29 is 14.4 Å². The van der Waals surface area contributed by atoms with E-state index in [1.54, 1.807) is 34.1 Å². The number of benzene rings is 1. The fourth-order valence-corrected chi connectivity index (χ4v) is 2.46. The van der Waals surface area contributed by atoms with Gasteiger partial charge in [0.25, 0.3) is 5.91 Å². The Hall–Kier alpha value is -2.37. The van der Waals surface area contributed by atoms with E-state index in [0.717, 1.165) is 0 Å². The molecule has 0 aromatic heterocycles. The van der Waals surface area contributed by atoms with Crippen molar-refractivity contribution in [1.82, 2.24) is 9.80 Å². The van der Waals surface area contributed by atoms with Gasteiger partial charge in [-0.1, -0.05) is 6.92 Å². The third kappa shape index (κ3) is 3.84. The highest BCUT2D eigenvalue weighted by molar-refractivity contribution is 5.95. The molecular formula is C16H21N3O3. The highest BCUT2D eigenvalue weighted by Gasteiger charge is 2.23. The van der Waals surface area contributed by atoms with Crippen LogP contribution < -0.4 is 5.32 Å². The van der Waals surface area contributed by atoms with E-state index in [4.69, 9.17) is 0 Å². The summed E-state index contributed by atoms with van der Waals surface area (Å²) in [6, 6.07) is 6.84. The number of anilines is 1. The summed E-state index contributed by atoms with van der Waals surface area (Å²) in [6.45, 7) is 5.56. The van der Waals surface area contributed by atoms with Crippen molar-refractivity contribution in [2.24, 2.45) is 0 Å². The molecule has 6 heteroatoms. The van der Waals surface area contributed by atoms with Gasteiger partial charge in [-0.25, -0.2) is 0 Å². The Kier molecular flexibility index (Phi) is 5.14. The molecule has 1 heterocycles. The van der Waals surface area contributed by atoms with Gasteiger partial charge < -0.3 is 15.1 Å². The summed E-state index contributed by atoms with van der Waals surface area (Å²) in [6.07, 6.45) is 0.499. The summed E-state index contributed by atoms with van der Waals surface area (Å²) < 4.78 is 0. The van der Waals surface area contributed by atoms with Gasteiger partial charge in [0.1, 0.15) is 0 Å². The van der Waals surface area contributed by atoms with E-state index in [2.05, 4.69) is 5.32 Å².